The molecule has 0 saturated heterocycles. The van der Waals surface area contributed by atoms with E-state index < -0.39 is 8.80 Å². The van der Waals surface area contributed by atoms with E-state index in [1.54, 1.807) is 14.2 Å². The summed E-state index contributed by atoms with van der Waals surface area (Å²) in [4.78, 5) is 0. The van der Waals surface area contributed by atoms with Crippen molar-refractivity contribution in [1.82, 2.24) is 5.32 Å². The molecule has 0 aromatic carbocycles. The zero-order chi connectivity index (χ0) is 11.6. The Bertz CT molecular complexity index is 145. The lowest BCUT2D eigenvalue weighted by molar-refractivity contribution is 0.104. The highest BCUT2D eigenvalue weighted by molar-refractivity contribution is 6.59. The molecule has 0 aromatic rings. The maximum absolute atomic E-state index is 5.58. The van der Waals surface area contributed by atoms with E-state index >= 15 is 0 Å². The van der Waals surface area contributed by atoms with E-state index in [0.717, 1.165) is 25.9 Å². The first-order valence-corrected chi connectivity index (χ1v) is 7.56. The SMILES string of the molecule is CO[Si](C)(OC)OCCCCNCCN. The minimum Gasteiger partial charge on any atom is -0.377 e. The maximum Gasteiger partial charge on any atom is 0.497 e. The van der Waals surface area contributed by atoms with E-state index in [1.165, 1.54) is 0 Å². The van der Waals surface area contributed by atoms with Gasteiger partial charge in [-0.3, -0.25) is 0 Å². The molecule has 0 unspecified atom stereocenters. The Morgan fingerprint density at radius 3 is 2.33 bits per heavy atom. The molecule has 0 spiro atoms. The van der Waals surface area contributed by atoms with Crippen molar-refractivity contribution in [3.05, 3.63) is 0 Å². The molecule has 0 aromatic heterocycles. The summed E-state index contributed by atoms with van der Waals surface area (Å²) < 4.78 is 16.0. The largest absolute Gasteiger partial charge is 0.497 e. The van der Waals surface area contributed by atoms with Gasteiger partial charge >= 0.3 is 8.80 Å². The van der Waals surface area contributed by atoms with Crippen molar-refractivity contribution in [1.29, 1.82) is 0 Å². The van der Waals surface area contributed by atoms with Gasteiger partial charge in [0.25, 0.3) is 0 Å². The van der Waals surface area contributed by atoms with Gasteiger partial charge in [-0.1, -0.05) is 0 Å². The fraction of sp³-hybridized carbons (Fsp3) is 1.00. The van der Waals surface area contributed by atoms with E-state index in [4.69, 9.17) is 19.0 Å². The summed E-state index contributed by atoms with van der Waals surface area (Å²) in [6, 6.07) is 0. The highest BCUT2D eigenvalue weighted by atomic mass is 28.4. The number of nitrogens with two attached hydrogens (primary N) is 1. The van der Waals surface area contributed by atoms with Crippen LogP contribution in [0.4, 0.5) is 0 Å². The van der Waals surface area contributed by atoms with Gasteiger partial charge in [0.2, 0.25) is 0 Å². The van der Waals surface area contributed by atoms with Crippen LogP contribution in [0.2, 0.25) is 6.55 Å². The lowest BCUT2D eigenvalue weighted by atomic mass is 10.3. The van der Waals surface area contributed by atoms with Crippen molar-refractivity contribution in [2.75, 3.05) is 40.5 Å². The van der Waals surface area contributed by atoms with Crippen LogP contribution in [0.1, 0.15) is 12.8 Å². The van der Waals surface area contributed by atoms with Gasteiger partial charge < -0.3 is 24.3 Å². The minimum absolute atomic E-state index is 0.689. The van der Waals surface area contributed by atoms with E-state index in [0.29, 0.717) is 13.2 Å². The molecule has 0 aliphatic carbocycles. The summed E-state index contributed by atoms with van der Waals surface area (Å²) in [5.41, 5.74) is 5.35. The topological polar surface area (TPSA) is 65.7 Å². The van der Waals surface area contributed by atoms with Crippen LogP contribution in [0.25, 0.3) is 0 Å². The molecule has 0 amide bonds. The molecule has 0 aliphatic rings. The molecule has 0 fully saturated rings. The maximum atomic E-state index is 5.58. The van der Waals surface area contributed by atoms with Crippen LogP contribution in [0.15, 0.2) is 0 Å². The Balaban J connectivity index is 3.29. The van der Waals surface area contributed by atoms with Gasteiger partial charge in [0, 0.05) is 40.5 Å². The summed E-state index contributed by atoms with van der Waals surface area (Å²) in [6.07, 6.45) is 2.09. The van der Waals surface area contributed by atoms with E-state index in [-0.39, 0.29) is 0 Å². The van der Waals surface area contributed by atoms with Crippen molar-refractivity contribution in [2.24, 2.45) is 5.73 Å². The molecule has 92 valence electrons. The number of rotatable bonds is 10. The van der Waals surface area contributed by atoms with Gasteiger partial charge in [0.1, 0.15) is 0 Å². The molecule has 0 saturated carbocycles. The second-order valence-corrected chi connectivity index (χ2v) is 6.19. The molecular weight excluding hydrogens is 212 g/mol. The molecule has 0 rings (SSSR count). The third kappa shape index (κ3) is 7.89. The summed E-state index contributed by atoms with van der Waals surface area (Å²) in [5.74, 6) is 0. The van der Waals surface area contributed by atoms with Crippen LogP contribution in [-0.2, 0) is 13.3 Å². The van der Waals surface area contributed by atoms with Crippen LogP contribution in [0.5, 0.6) is 0 Å². The van der Waals surface area contributed by atoms with Crippen LogP contribution in [-0.4, -0.2) is 49.3 Å². The second kappa shape index (κ2) is 9.26. The average molecular weight is 236 g/mol. The average Bonchev–Trinajstić information content (AvgIpc) is 2.27. The monoisotopic (exact) mass is 236 g/mol. The molecule has 5 nitrogen and oxygen atoms in total. The van der Waals surface area contributed by atoms with E-state index in [1.807, 2.05) is 6.55 Å². The van der Waals surface area contributed by atoms with Gasteiger partial charge in [-0.25, -0.2) is 0 Å². The highest BCUT2D eigenvalue weighted by Crippen LogP contribution is 2.06. The Morgan fingerprint density at radius 1 is 1.13 bits per heavy atom. The van der Waals surface area contributed by atoms with Crippen molar-refractivity contribution in [3.8, 4) is 0 Å². The highest BCUT2D eigenvalue weighted by Gasteiger charge is 2.31. The Hall–Kier alpha value is 0.0169. The first kappa shape index (κ1) is 15.0. The fourth-order valence-electron chi connectivity index (χ4n) is 1.04. The first-order chi connectivity index (χ1) is 7.18. The lowest BCUT2D eigenvalue weighted by Gasteiger charge is -2.21. The molecule has 0 heterocycles. The Kier molecular flexibility index (Phi) is 9.27. The van der Waals surface area contributed by atoms with E-state index in [2.05, 4.69) is 5.32 Å². The molecule has 0 aliphatic heterocycles. The predicted octanol–water partition coefficient (Wildman–Crippen LogP) is 0.193. The van der Waals surface area contributed by atoms with Crippen LogP contribution < -0.4 is 11.1 Å². The van der Waals surface area contributed by atoms with Crippen molar-refractivity contribution < 1.29 is 13.3 Å². The van der Waals surface area contributed by atoms with Crippen molar-refractivity contribution in [2.45, 2.75) is 19.4 Å². The lowest BCUT2D eigenvalue weighted by Crippen LogP contribution is -2.40. The zero-order valence-corrected chi connectivity index (χ0v) is 11.0. The van der Waals surface area contributed by atoms with Gasteiger partial charge in [0.15, 0.2) is 0 Å². The van der Waals surface area contributed by atoms with Gasteiger partial charge in [-0.15, -0.1) is 0 Å². The number of hydrogen-bond acceptors (Lipinski definition) is 5. The summed E-state index contributed by atoms with van der Waals surface area (Å²) in [5, 5.41) is 3.23. The normalized spacial score (nSPS) is 12.0. The summed E-state index contributed by atoms with van der Waals surface area (Å²) in [6.45, 7) is 5.13. The Labute approximate surface area is 93.6 Å². The predicted molar refractivity (Wildman–Crippen MR) is 62.7 cm³/mol. The third-order valence-electron chi connectivity index (χ3n) is 2.17. The fourth-order valence-corrected chi connectivity index (χ4v) is 1.96. The smallest absolute Gasteiger partial charge is 0.377 e. The summed E-state index contributed by atoms with van der Waals surface area (Å²) >= 11 is 0. The van der Waals surface area contributed by atoms with Crippen LogP contribution >= 0.6 is 0 Å². The first-order valence-electron chi connectivity index (χ1n) is 5.33. The molecule has 0 radical (unpaired) electrons. The van der Waals surface area contributed by atoms with Gasteiger partial charge in [-0.2, -0.15) is 0 Å². The van der Waals surface area contributed by atoms with Crippen LogP contribution in [0.3, 0.4) is 0 Å². The molecular formula is C9H24N2O3Si. The molecule has 0 atom stereocenters. The number of unbranched alkanes of at least 4 members (excludes halogenated alkanes) is 1. The molecule has 3 N–H and O–H groups in total. The minimum atomic E-state index is -2.31. The Morgan fingerprint density at radius 2 is 1.80 bits per heavy atom. The second-order valence-electron chi connectivity index (χ2n) is 3.36. The van der Waals surface area contributed by atoms with E-state index in [9.17, 15) is 0 Å². The molecule has 6 heteroatoms. The zero-order valence-electron chi connectivity index (χ0n) is 10.0. The van der Waals surface area contributed by atoms with Crippen LogP contribution in [0, 0.1) is 0 Å². The van der Waals surface area contributed by atoms with Crippen molar-refractivity contribution >= 4 is 8.80 Å². The van der Waals surface area contributed by atoms with Gasteiger partial charge in [-0.05, 0) is 19.4 Å². The number of hydrogen-bond donors (Lipinski definition) is 2. The number of nitrogens with one attached hydrogen (secondary N) is 1. The molecule has 15 heavy (non-hydrogen) atoms. The standard InChI is InChI=1S/C9H24N2O3Si/c1-12-15(3,13-2)14-9-5-4-7-11-8-6-10/h11H,4-10H2,1-3H3. The third-order valence-corrected chi connectivity index (χ3v) is 4.39. The summed E-state index contributed by atoms with van der Waals surface area (Å²) in [7, 11) is 0.934. The van der Waals surface area contributed by atoms with Gasteiger partial charge in [0.05, 0.1) is 0 Å². The van der Waals surface area contributed by atoms with Crippen molar-refractivity contribution in [3.63, 3.8) is 0 Å². The molecule has 0 bridgehead atoms. The quantitative estimate of drug-likeness (QED) is 0.419.